The van der Waals surface area contributed by atoms with E-state index in [1.54, 1.807) is 0 Å². The number of rotatable bonds is 3. The Hall–Kier alpha value is -5.66. The third-order valence-corrected chi connectivity index (χ3v) is 9.21. The van der Waals surface area contributed by atoms with Gasteiger partial charge in [0.1, 0.15) is 0 Å². The van der Waals surface area contributed by atoms with E-state index in [9.17, 15) is 0 Å². The van der Waals surface area contributed by atoms with Crippen molar-refractivity contribution in [1.29, 1.82) is 0 Å². The maximum atomic E-state index is 2.38. The summed E-state index contributed by atoms with van der Waals surface area (Å²) in [4.78, 5) is 0. The minimum Gasteiger partial charge on any atom is -0.309 e. The molecule has 1 heterocycles. The second-order valence-corrected chi connectivity index (χ2v) is 11.8. The normalized spacial score (nSPS) is 11.8. The Labute approximate surface area is 256 Å². The van der Waals surface area contributed by atoms with Crippen molar-refractivity contribution in [3.8, 4) is 27.9 Å². The summed E-state index contributed by atoms with van der Waals surface area (Å²) in [6, 6.07) is 57.9. The fourth-order valence-corrected chi connectivity index (χ4v) is 7.25. The molecule has 0 N–H and O–H groups in total. The van der Waals surface area contributed by atoms with Crippen molar-refractivity contribution in [2.45, 2.75) is 6.92 Å². The standard InChI is InChI=1S/C43H29N/c1-28-18-19-31-27-32(21-20-30(31)26-28)43-38-14-4-2-12-36(38)42(37-13-3-5-15-39(37)43)29-22-24-33(25-23-29)44-40-16-8-6-10-34(40)35-11-7-9-17-41(35)44/h2-27H,1H3. The second kappa shape index (κ2) is 9.69. The predicted molar refractivity (Wildman–Crippen MR) is 189 cm³/mol. The van der Waals surface area contributed by atoms with Crippen LogP contribution in [-0.4, -0.2) is 4.57 Å². The van der Waals surface area contributed by atoms with Gasteiger partial charge in [-0.05, 0) is 91.8 Å². The van der Waals surface area contributed by atoms with Gasteiger partial charge in [0.2, 0.25) is 0 Å². The predicted octanol–water partition coefficient (Wildman–Crippen LogP) is 11.9. The number of benzene rings is 8. The molecule has 0 aliphatic heterocycles. The summed E-state index contributed by atoms with van der Waals surface area (Å²) in [6.07, 6.45) is 0. The van der Waals surface area contributed by atoms with Gasteiger partial charge in [0, 0.05) is 16.5 Å². The van der Waals surface area contributed by atoms with Gasteiger partial charge in [0.15, 0.2) is 0 Å². The van der Waals surface area contributed by atoms with Gasteiger partial charge in [0.05, 0.1) is 11.0 Å². The number of nitrogens with zero attached hydrogens (tertiary/aromatic N) is 1. The van der Waals surface area contributed by atoms with Gasteiger partial charge in [-0.1, -0.05) is 133 Å². The number of fused-ring (bicyclic) bond motifs is 6. The zero-order valence-electron chi connectivity index (χ0n) is 24.5. The maximum absolute atomic E-state index is 2.38. The van der Waals surface area contributed by atoms with Crippen LogP contribution < -0.4 is 0 Å². The van der Waals surface area contributed by atoms with Crippen LogP contribution in [0, 0.1) is 6.92 Å². The van der Waals surface area contributed by atoms with Crippen LogP contribution in [0.5, 0.6) is 0 Å². The summed E-state index contributed by atoms with van der Waals surface area (Å²) in [6.45, 7) is 2.16. The van der Waals surface area contributed by atoms with Crippen molar-refractivity contribution in [1.82, 2.24) is 4.57 Å². The lowest BCUT2D eigenvalue weighted by Crippen LogP contribution is -1.94. The average molecular weight is 560 g/mol. The largest absolute Gasteiger partial charge is 0.309 e. The van der Waals surface area contributed by atoms with Crippen LogP contribution in [0.3, 0.4) is 0 Å². The SMILES string of the molecule is Cc1ccc2cc(-c3c4ccccc4c(-c4ccc(-n5c6ccccc6c6ccccc65)cc4)c4ccccc34)ccc2c1. The molecule has 0 atom stereocenters. The molecule has 9 rings (SSSR count). The highest BCUT2D eigenvalue weighted by atomic mass is 15.0. The van der Waals surface area contributed by atoms with E-state index in [0.717, 1.165) is 0 Å². The molecule has 0 radical (unpaired) electrons. The molecule has 0 fully saturated rings. The first-order chi connectivity index (χ1) is 21.7. The van der Waals surface area contributed by atoms with Gasteiger partial charge >= 0.3 is 0 Å². The van der Waals surface area contributed by atoms with Gasteiger partial charge in [-0.25, -0.2) is 0 Å². The summed E-state index contributed by atoms with van der Waals surface area (Å²) in [5.74, 6) is 0. The molecule has 0 aliphatic rings. The monoisotopic (exact) mass is 559 g/mol. The minimum atomic E-state index is 1.17. The molecule has 0 saturated heterocycles. The van der Waals surface area contributed by atoms with E-state index in [1.165, 1.54) is 87.6 Å². The van der Waals surface area contributed by atoms with Crippen LogP contribution in [0.25, 0.3) is 82.1 Å². The highest BCUT2D eigenvalue weighted by Crippen LogP contribution is 2.44. The first-order valence-electron chi connectivity index (χ1n) is 15.3. The van der Waals surface area contributed by atoms with Crippen LogP contribution in [0.2, 0.25) is 0 Å². The van der Waals surface area contributed by atoms with E-state index in [-0.39, 0.29) is 0 Å². The van der Waals surface area contributed by atoms with E-state index in [4.69, 9.17) is 0 Å². The van der Waals surface area contributed by atoms with Crippen molar-refractivity contribution in [3.05, 3.63) is 163 Å². The van der Waals surface area contributed by atoms with Crippen molar-refractivity contribution in [3.63, 3.8) is 0 Å². The van der Waals surface area contributed by atoms with Crippen molar-refractivity contribution >= 4 is 54.1 Å². The summed E-state index contributed by atoms with van der Waals surface area (Å²) in [5.41, 5.74) is 9.97. The lowest BCUT2D eigenvalue weighted by molar-refractivity contribution is 1.18. The molecule has 44 heavy (non-hydrogen) atoms. The summed E-state index contributed by atoms with van der Waals surface area (Å²) in [5, 5.41) is 10.2. The Balaban J connectivity index is 1.27. The van der Waals surface area contributed by atoms with Crippen LogP contribution in [0.15, 0.2) is 158 Å². The number of hydrogen-bond donors (Lipinski definition) is 0. The van der Waals surface area contributed by atoms with Crippen LogP contribution >= 0.6 is 0 Å². The zero-order valence-corrected chi connectivity index (χ0v) is 24.5. The number of aryl methyl sites for hydroxylation is 1. The topological polar surface area (TPSA) is 4.93 Å². The maximum Gasteiger partial charge on any atom is 0.0541 e. The number of aromatic nitrogens is 1. The van der Waals surface area contributed by atoms with Crippen LogP contribution in [0.1, 0.15) is 5.56 Å². The smallest absolute Gasteiger partial charge is 0.0541 e. The molecule has 1 aromatic heterocycles. The zero-order chi connectivity index (χ0) is 29.2. The minimum absolute atomic E-state index is 1.17. The van der Waals surface area contributed by atoms with E-state index in [0.29, 0.717) is 0 Å². The third kappa shape index (κ3) is 3.73. The average Bonchev–Trinajstić information content (AvgIpc) is 3.41. The Morgan fingerprint density at radius 2 is 0.795 bits per heavy atom. The van der Waals surface area contributed by atoms with Crippen molar-refractivity contribution in [2.75, 3.05) is 0 Å². The number of para-hydroxylation sites is 2. The molecule has 1 nitrogen and oxygen atoms in total. The molecule has 1 heteroatoms. The van der Waals surface area contributed by atoms with Gasteiger partial charge in [0.25, 0.3) is 0 Å². The number of hydrogen-bond acceptors (Lipinski definition) is 0. The molecule has 0 unspecified atom stereocenters. The molecular formula is C43H29N. The van der Waals surface area contributed by atoms with Gasteiger partial charge in [-0.3, -0.25) is 0 Å². The first-order valence-corrected chi connectivity index (χ1v) is 15.3. The van der Waals surface area contributed by atoms with E-state index < -0.39 is 0 Å². The molecular weight excluding hydrogens is 530 g/mol. The Morgan fingerprint density at radius 1 is 0.364 bits per heavy atom. The molecule has 0 aliphatic carbocycles. The van der Waals surface area contributed by atoms with E-state index in [2.05, 4.69) is 169 Å². The highest BCUT2D eigenvalue weighted by Gasteiger charge is 2.17. The Morgan fingerprint density at radius 3 is 1.36 bits per heavy atom. The first kappa shape index (κ1) is 24.9. The molecule has 0 amide bonds. The van der Waals surface area contributed by atoms with Gasteiger partial charge in [-0.15, -0.1) is 0 Å². The van der Waals surface area contributed by atoms with Crippen molar-refractivity contribution in [2.24, 2.45) is 0 Å². The Kier molecular flexibility index (Phi) is 5.48. The highest BCUT2D eigenvalue weighted by molar-refractivity contribution is 6.21. The third-order valence-electron chi connectivity index (χ3n) is 9.21. The lowest BCUT2D eigenvalue weighted by Gasteiger charge is -2.18. The fourth-order valence-electron chi connectivity index (χ4n) is 7.25. The molecule has 0 spiro atoms. The molecule has 0 bridgehead atoms. The van der Waals surface area contributed by atoms with Gasteiger partial charge < -0.3 is 4.57 Å². The molecule has 0 saturated carbocycles. The van der Waals surface area contributed by atoms with Crippen LogP contribution in [-0.2, 0) is 0 Å². The summed E-state index contributed by atoms with van der Waals surface area (Å²) in [7, 11) is 0. The van der Waals surface area contributed by atoms with Crippen LogP contribution in [0.4, 0.5) is 0 Å². The van der Waals surface area contributed by atoms with Gasteiger partial charge in [-0.2, -0.15) is 0 Å². The van der Waals surface area contributed by atoms with E-state index in [1.807, 2.05) is 0 Å². The quantitative estimate of drug-likeness (QED) is 0.190. The molecule has 9 aromatic rings. The van der Waals surface area contributed by atoms with Crippen molar-refractivity contribution < 1.29 is 0 Å². The van der Waals surface area contributed by atoms with E-state index >= 15 is 0 Å². The summed E-state index contributed by atoms with van der Waals surface area (Å²) >= 11 is 0. The fraction of sp³-hybridized carbons (Fsp3) is 0.0233. The second-order valence-electron chi connectivity index (χ2n) is 11.8. The summed E-state index contributed by atoms with van der Waals surface area (Å²) < 4.78 is 2.38. The molecule has 206 valence electrons. The molecule has 8 aromatic carbocycles. The lowest BCUT2D eigenvalue weighted by atomic mass is 9.85. The Bertz CT molecular complexity index is 2440.